The Hall–Kier alpha value is -0.270. The van der Waals surface area contributed by atoms with Crippen LogP contribution in [0, 0.1) is 0 Å². The van der Waals surface area contributed by atoms with Crippen LogP contribution < -0.4 is 0 Å². The normalized spacial score (nSPS) is 37.7. The van der Waals surface area contributed by atoms with Crippen molar-refractivity contribution >= 4 is 7.60 Å². The molecule has 4 atom stereocenters. The lowest BCUT2D eigenvalue weighted by Gasteiger charge is -2.13. The molecule has 15 heavy (non-hydrogen) atoms. The molecule has 0 aliphatic carbocycles. The topological polar surface area (TPSA) is 116 Å². The highest BCUT2D eigenvalue weighted by Gasteiger charge is 2.42. The van der Waals surface area contributed by atoms with Gasteiger partial charge in [-0.3, -0.25) is 4.57 Å². The van der Waals surface area contributed by atoms with Gasteiger partial charge in [0, 0.05) is 12.9 Å². The number of rotatable bonds is 3. The lowest BCUT2D eigenvalue weighted by atomic mass is 10.1. The van der Waals surface area contributed by atoms with Gasteiger partial charge in [0.25, 0.3) is 0 Å². The zero-order chi connectivity index (χ0) is 11.6. The van der Waals surface area contributed by atoms with Crippen LogP contribution in [0.15, 0.2) is 11.9 Å². The summed E-state index contributed by atoms with van der Waals surface area (Å²) in [5, 5.41) is 18.7. The summed E-state index contributed by atoms with van der Waals surface area (Å²) >= 11 is 0. The van der Waals surface area contributed by atoms with Crippen molar-refractivity contribution in [2.75, 3.05) is 7.11 Å². The molecule has 0 bridgehead atoms. The minimum Gasteiger partial charge on any atom is -0.387 e. The zero-order valence-electron chi connectivity index (χ0n) is 7.92. The van der Waals surface area contributed by atoms with Gasteiger partial charge in [0.2, 0.25) is 0 Å². The van der Waals surface area contributed by atoms with E-state index in [0.29, 0.717) is 5.82 Å². The van der Waals surface area contributed by atoms with Crippen molar-refractivity contribution in [3.05, 3.63) is 11.9 Å². The van der Waals surface area contributed by atoms with E-state index in [4.69, 9.17) is 19.3 Å². The first-order valence-corrected chi connectivity index (χ1v) is 5.82. The number of hydrogen-bond donors (Lipinski definition) is 4. The Kier molecular flexibility index (Phi) is 4.02. The highest BCUT2D eigenvalue weighted by Crippen LogP contribution is 2.37. The lowest BCUT2D eigenvalue weighted by Crippen LogP contribution is -2.33. The highest BCUT2D eigenvalue weighted by atomic mass is 31.2. The Morgan fingerprint density at radius 2 is 2.00 bits per heavy atom. The summed E-state index contributed by atoms with van der Waals surface area (Å²) in [5.74, 6) is 0.617. The van der Waals surface area contributed by atoms with Crippen LogP contribution in [-0.2, 0) is 14.0 Å². The van der Waals surface area contributed by atoms with E-state index in [-0.39, 0.29) is 0 Å². The van der Waals surface area contributed by atoms with E-state index in [9.17, 15) is 14.8 Å². The van der Waals surface area contributed by atoms with E-state index in [1.54, 1.807) is 0 Å². The fraction of sp³-hybridized carbons (Fsp3) is 0.714. The summed E-state index contributed by atoms with van der Waals surface area (Å²) in [6, 6.07) is 0. The molecule has 1 aliphatic heterocycles. The molecule has 1 rings (SSSR count). The minimum absolute atomic E-state index is 0.617. The minimum atomic E-state index is -4.29. The van der Waals surface area contributed by atoms with Gasteiger partial charge in [-0.15, -0.1) is 0 Å². The molecule has 7 nitrogen and oxygen atoms in total. The monoisotopic (exact) mass is 240 g/mol. The molecular formula is C7H13O7P. The maximum Gasteiger partial charge on any atom is 0.348 e. The number of ether oxygens (including phenoxy) is 2. The van der Waals surface area contributed by atoms with Crippen LogP contribution in [0.5, 0.6) is 0 Å². The van der Waals surface area contributed by atoms with Gasteiger partial charge >= 0.3 is 7.60 Å². The van der Waals surface area contributed by atoms with Crippen molar-refractivity contribution in [3.63, 3.8) is 0 Å². The second kappa shape index (κ2) is 4.71. The number of aliphatic hydroxyl groups is 2. The summed E-state index contributed by atoms with van der Waals surface area (Å²) in [5.41, 5.74) is 0. The first-order valence-electron chi connectivity index (χ1n) is 4.14. The third-order valence-electron chi connectivity index (χ3n) is 1.99. The molecule has 0 radical (unpaired) electrons. The number of methoxy groups -OCH3 is 1. The fourth-order valence-electron chi connectivity index (χ4n) is 1.29. The first kappa shape index (κ1) is 12.8. The zero-order valence-corrected chi connectivity index (χ0v) is 8.82. The second-order valence-corrected chi connectivity index (χ2v) is 4.59. The molecule has 88 valence electrons. The van der Waals surface area contributed by atoms with Gasteiger partial charge in [0.15, 0.2) is 6.29 Å². The largest absolute Gasteiger partial charge is 0.387 e. The van der Waals surface area contributed by atoms with Gasteiger partial charge in [-0.25, -0.2) is 0 Å². The molecule has 0 saturated carbocycles. The third-order valence-corrected chi connectivity index (χ3v) is 2.55. The molecule has 0 aromatic carbocycles. The van der Waals surface area contributed by atoms with Crippen LogP contribution >= 0.6 is 7.60 Å². The molecule has 1 fully saturated rings. The van der Waals surface area contributed by atoms with Crippen LogP contribution in [0.3, 0.4) is 0 Å². The molecular weight excluding hydrogens is 227 g/mol. The summed E-state index contributed by atoms with van der Waals surface area (Å²) in [6.07, 6.45) is -3.37. The molecule has 0 spiro atoms. The Bertz CT molecular complexity index is 285. The third kappa shape index (κ3) is 3.35. The summed E-state index contributed by atoms with van der Waals surface area (Å²) in [4.78, 5) is 17.1. The molecule has 1 saturated heterocycles. The van der Waals surface area contributed by atoms with E-state index < -0.39 is 32.2 Å². The van der Waals surface area contributed by atoms with Gasteiger partial charge in [-0.1, -0.05) is 0 Å². The van der Waals surface area contributed by atoms with Gasteiger partial charge in [0.1, 0.15) is 18.3 Å². The second-order valence-electron chi connectivity index (χ2n) is 3.11. The Morgan fingerprint density at radius 3 is 2.40 bits per heavy atom. The van der Waals surface area contributed by atoms with Crippen molar-refractivity contribution in [1.82, 2.24) is 0 Å². The van der Waals surface area contributed by atoms with E-state index in [1.807, 2.05) is 0 Å². The van der Waals surface area contributed by atoms with Crippen molar-refractivity contribution in [2.45, 2.75) is 24.6 Å². The predicted molar refractivity (Wildman–Crippen MR) is 48.9 cm³/mol. The first-order chi connectivity index (χ1) is 6.85. The fourth-order valence-corrected chi connectivity index (χ4v) is 1.68. The maximum atomic E-state index is 10.5. The number of aliphatic hydroxyl groups excluding tert-OH is 2. The standard InChI is InChI=1S/C7H13O7P/c1-13-6-5(8)4(14-7(6)9)2-3-15(10,11)12/h2-9H,1H3,(H2,10,11,12)/b3-2-/t4-,5?,6+,7-/m1/s1. The van der Waals surface area contributed by atoms with Crippen molar-refractivity contribution in [1.29, 1.82) is 0 Å². The molecule has 1 unspecified atom stereocenters. The molecule has 0 aromatic heterocycles. The number of hydrogen-bond acceptors (Lipinski definition) is 5. The van der Waals surface area contributed by atoms with Crippen LogP contribution in [0.25, 0.3) is 0 Å². The van der Waals surface area contributed by atoms with E-state index in [1.165, 1.54) is 7.11 Å². The van der Waals surface area contributed by atoms with E-state index >= 15 is 0 Å². The SMILES string of the molecule is CO[C@H]1C(O)[C@@H](/C=C\P(=O)(O)O)O[C@H]1O. The highest BCUT2D eigenvalue weighted by molar-refractivity contribution is 7.55. The molecule has 0 amide bonds. The Balaban J connectivity index is 2.67. The smallest absolute Gasteiger partial charge is 0.348 e. The molecule has 8 heteroatoms. The van der Waals surface area contributed by atoms with Crippen molar-refractivity contribution < 1.29 is 34.0 Å². The quantitative estimate of drug-likeness (QED) is 0.456. The summed E-state index contributed by atoms with van der Waals surface area (Å²) in [7, 11) is -3.00. The maximum absolute atomic E-state index is 10.5. The Morgan fingerprint density at radius 1 is 1.40 bits per heavy atom. The molecule has 4 N–H and O–H groups in total. The Labute approximate surface area is 86.1 Å². The molecule has 0 aromatic rings. The predicted octanol–water partition coefficient (Wildman–Crippen LogP) is -1.23. The average Bonchev–Trinajstić information content (AvgIpc) is 2.37. The lowest BCUT2D eigenvalue weighted by molar-refractivity contribution is -0.130. The van der Waals surface area contributed by atoms with Gasteiger partial charge in [-0.2, -0.15) is 0 Å². The van der Waals surface area contributed by atoms with Crippen molar-refractivity contribution in [3.8, 4) is 0 Å². The van der Waals surface area contributed by atoms with Crippen LogP contribution in [0.2, 0.25) is 0 Å². The van der Waals surface area contributed by atoms with Crippen LogP contribution in [0.1, 0.15) is 0 Å². The van der Waals surface area contributed by atoms with Crippen molar-refractivity contribution in [2.24, 2.45) is 0 Å². The van der Waals surface area contributed by atoms with Crippen LogP contribution in [0.4, 0.5) is 0 Å². The van der Waals surface area contributed by atoms with Gasteiger partial charge in [0.05, 0.1) is 0 Å². The van der Waals surface area contributed by atoms with E-state index in [0.717, 1.165) is 6.08 Å². The molecule has 1 heterocycles. The van der Waals surface area contributed by atoms with E-state index in [2.05, 4.69) is 0 Å². The van der Waals surface area contributed by atoms with Gasteiger partial charge in [-0.05, 0) is 6.08 Å². The van der Waals surface area contributed by atoms with Gasteiger partial charge < -0.3 is 29.5 Å². The summed E-state index contributed by atoms with van der Waals surface area (Å²) in [6.45, 7) is 0. The summed E-state index contributed by atoms with van der Waals surface area (Å²) < 4.78 is 20.1. The average molecular weight is 240 g/mol. The van der Waals surface area contributed by atoms with Crippen LogP contribution in [-0.4, -0.2) is 51.7 Å². The molecule has 1 aliphatic rings.